The molecular formula is C18H21N3O2S. The number of nitrogens with zero attached hydrogens (tertiary/aromatic N) is 2. The van der Waals surface area contributed by atoms with Crippen molar-refractivity contribution in [3.8, 4) is 5.75 Å². The lowest BCUT2D eigenvalue weighted by Gasteiger charge is -2.28. The lowest BCUT2D eigenvalue weighted by Crippen LogP contribution is -2.30. The van der Waals surface area contributed by atoms with Crippen LogP contribution in [0.15, 0.2) is 23.6 Å². The number of hydrogen-bond donors (Lipinski definition) is 1. The van der Waals surface area contributed by atoms with E-state index in [-0.39, 0.29) is 11.8 Å². The van der Waals surface area contributed by atoms with Crippen LogP contribution in [0.5, 0.6) is 5.75 Å². The second kappa shape index (κ2) is 6.53. The molecule has 5 nitrogen and oxygen atoms in total. The topological polar surface area (TPSA) is 54.5 Å². The molecule has 4 rings (SSSR count). The van der Waals surface area contributed by atoms with Crippen LogP contribution < -0.4 is 10.1 Å². The number of benzene rings is 1. The van der Waals surface area contributed by atoms with Gasteiger partial charge < -0.3 is 10.1 Å². The highest BCUT2D eigenvalue weighted by Gasteiger charge is 2.30. The van der Waals surface area contributed by atoms with Crippen LogP contribution >= 0.6 is 11.3 Å². The Morgan fingerprint density at radius 3 is 3.08 bits per heavy atom. The van der Waals surface area contributed by atoms with E-state index < -0.39 is 0 Å². The highest BCUT2D eigenvalue weighted by Crippen LogP contribution is 2.31. The first-order chi connectivity index (χ1) is 11.7. The Morgan fingerprint density at radius 1 is 1.42 bits per heavy atom. The second-order valence-electron chi connectivity index (χ2n) is 6.50. The SMILES string of the molecule is COc1ccc2c(c1)CCN(Cc1csc(NC(=O)C3CC3)n1)C2. The van der Waals surface area contributed by atoms with Crippen LogP contribution in [0.4, 0.5) is 5.13 Å². The third-order valence-corrected chi connectivity index (χ3v) is 5.43. The fourth-order valence-electron chi connectivity index (χ4n) is 3.07. The van der Waals surface area contributed by atoms with E-state index in [1.807, 2.05) is 11.4 Å². The van der Waals surface area contributed by atoms with Gasteiger partial charge in [-0.3, -0.25) is 9.69 Å². The van der Waals surface area contributed by atoms with Gasteiger partial charge in [0.2, 0.25) is 5.91 Å². The van der Waals surface area contributed by atoms with E-state index in [0.29, 0.717) is 0 Å². The summed E-state index contributed by atoms with van der Waals surface area (Å²) in [5, 5.41) is 5.70. The Labute approximate surface area is 145 Å². The lowest BCUT2D eigenvalue weighted by atomic mass is 9.99. The summed E-state index contributed by atoms with van der Waals surface area (Å²) in [6, 6.07) is 6.32. The molecular weight excluding hydrogens is 322 g/mol. The van der Waals surface area contributed by atoms with E-state index in [0.717, 1.165) is 55.5 Å². The molecule has 1 N–H and O–H groups in total. The third kappa shape index (κ3) is 3.44. The molecule has 1 saturated carbocycles. The van der Waals surface area contributed by atoms with Gasteiger partial charge in [-0.25, -0.2) is 4.98 Å². The molecule has 1 aromatic heterocycles. The van der Waals surface area contributed by atoms with Crippen LogP contribution in [-0.2, 0) is 24.3 Å². The molecule has 1 amide bonds. The van der Waals surface area contributed by atoms with Crippen molar-refractivity contribution in [2.24, 2.45) is 5.92 Å². The number of amides is 1. The van der Waals surface area contributed by atoms with Gasteiger partial charge in [0.15, 0.2) is 5.13 Å². The fraction of sp³-hybridized carbons (Fsp3) is 0.444. The number of hydrogen-bond acceptors (Lipinski definition) is 5. The van der Waals surface area contributed by atoms with Crippen molar-refractivity contribution >= 4 is 22.4 Å². The minimum Gasteiger partial charge on any atom is -0.497 e. The first-order valence-corrected chi connectivity index (χ1v) is 9.22. The maximum absolute atomic E-state index is 11.8. The van der Waals surface area contributed by atoms with Crippen molar-refractivity contribution in [3.05, 3.63) is 40.4 Å². The van der Waals surface area contributed by atoms with Crippen molar-refractivity contribution in [3.63, 3.8) is 0 Å². The zero-order valence-corrected chi connectivity index (χ0v) is 14.6. The predicted octanol–water partition coefficient (Wildman–Crippen LogP) is 3.06. The van der Waals surface area contributed by atoms with Crippen molar-refractivity contribution in [2.75, 3.05) is 19.0 Å². The number of methoxy groups -OCH3 is 1. The number of rotatable bonds is 5. The molecule has 1 aliphatic heterocycles. The van der Waals surface area contributed by atoms with Crippen LogP contribution in [0.3, 0.4) is 0 Å². The molecule has 2 aromatic rings. The molecule has 126 valence electrons. The van der Waals surface area contributed by atoms with Crippen LogP contribution in [0.2, 0.25) is 0 Å². The first kappa shape index (κ1) is 15.6. The van der Waals surface area contributed by atoms with Crippen LogP contribution in [0.1, 0.15) is 29.7 Å². The molecule has 0 atom stereocenters. The van der Waals surface area contributed by atoms with Crippen LogP contribution in [0.25, 0.3) is 0 Å². The van der Waals surface area contributed by atoms with Gasteiger partial charge in [0, 0.05) is 30.9 Å². The summed E-state index contributed by atoms with van der Waals surface area (Å²) < 4.78 is 5.30. The lowest BCUT2D eigenvalue weighted by molar-refractivity contribution is -0.117. The number of fused-ring (bicyclic) bond motifs is 1. The summed E-state index contributed by atoms with van der Waals surface area (Å²) in [6.45, 7) is 2.77. The third-order valence-electron chi connectivity index (χ3n) is 4.62. The maximum atomic E-state index is 11.8. The molecule has 24 heavy (non-hydrogen) atoms. The first-order valence-electron chi connectivity index (χ1n) is 8.34. The summed E-state index contributed by atoms with van der Waals surface area (Å²) in [5.41, 5.74) is 3.77. The predicted molar refractivity (Wildman–Crippen MR) is 94.3 cm³/mol. The zero-order chi connectivity index (χ0) is 16.5. The van der Waals surface area contributed by atoms with E-state index in [2.05, 4.69) is 27.3 Å². The molecule has 6 heteroatoms. The molecule has 1 aromatic carbocycles. The van der Waals surface area contributed by atoms with E-state index in [9.17, 15) is 4.79 Å². The number of carbonyl (C=O) groups is 1. The number of thiazole rings is 1. The van der Waals surface area contributed by atoms with Crippen molar-refractivity contribution in [2.45, 2.75) is 32.4 Å². The molecule has 2 aliphatic rings. The highest BCUT2D eigenvalue weighted by molar-refractivity contribution is 7.13. The Hall–Kier alpha value is -1.92. The normalized spacial score (nSPS) is 17.4. The molecule has 0 saturated heterocycles. The van der Waals surface area contributed by atoms with Crippen LogP contribution in [-0.4, -0.2) is 29.4 Å². The highest BCUT2D eigenvalue weighted by atomic mass is 32.1. The Morgan fingerprint density at radius 2 is 2.29 bits per heavy atom. The average Bonchev–Trinajstić information content (AvgIpc) is 3.37. The van der Waals surface area contributed by atoms with E-state index in [1.165, 1.54) is 22.5 Å². The standard InChI is InChI=1S/C18H21N3O2S/c1-23-16-5-4-14-9-21(7-6-13(14)8-16)10-15-11-24-18(19-15)20-17(22)12-2-3-12/h4-5,8,11-12H,2-3,6-7,9-10H2,1H3,(H,19,20,22). The van der Waals surface area contributed by atoms with E-state index >= 15 is 0 Å². The second-order valence-corrected chi connectivity index (χ2v) is 7.36. The van der Waals surface area contributed by atoms with E-state index in [1.54, 1.807) is 7.11 Å². The van der Waals surface area contributed by atoms with Gasteiger partial charge in [0.25, 0.3) is 0 Å². The Balaban J connectivity index is 1.37. The summed E-state index contributed by atoms with van der Waals surface area (Å²) in [6.07, 6.45) is 3.06. The van der Waals surface area contributed by atoms with Crippen molar-refractivity contribution in [1.29, 1.82) is 0 Å². The summed E-state index contributed by atoms with van der Waals surface area (Å²) >= 11 is 1.52. The monoisotopic (exact) mass is 343 g/mol. The number of aromatic nitrogens is 1. The zero-order valence-electron chi connectivity index (χ0n) is 13.7. The summed E-state index contributed by atoms with van der Waals surface area (Å²) in [7, 11) is 1.71. The minimum atomic E-state index is 0.122. The molecule has 1 aliphatic carbocycles. The maximum Gasteiger partial charge on any atom is 0.229 e. The van der Waals surface area contributed by atoms with E-state index in [4.69, 9.17) is 4.74 Å². The molecule has 0 unspecified atom stereocenters. The van der Waals surface area contributed by atoms with Gasteiger partial charge >= 0.3 is 0 Å². The number of carbonyl (C=O) groups excluding carboxylic acids is 1. The van der Waals surface area contributed by atoms with Gasteiger partial charge in [-0.2, -0.15) is 0 Å². The molecule has 2 heterocycles. The quantitative estimate of drug-likeness (QED) is 0.906. The number of anilines is 1. The Bertz CT molecular complexity index is 754. The van der Waals surface area contributed by atoms with Gasteiger partial charge in [-0.05, 0) is 42.5 Å². The number of nitrogens with one attached hydrogen (secondary N) is 1. The van der Waals surface area contributed by atoms with Gasteiger partial charge in [-0.1, -0.05) is 6.07 Å². The molecule has 0 radical (unpaired) electrons. The Kier molecular flexibility index (Phi) is 4.24. The minimum absolute atomic E-state index is 0.122. The smallest absolute Gasteiger partial charge is 0.229 e. The summed E-state index contributed by atoms with van der Waals surface area (Å²) in [5.74, 6) is 1.27. The largest absolute Gasteiger partial charge is 0.497 e. The number of ether oxygens (including phenoxy) is 1. The molecule has 0 spiro atoms. The summed E-state index contributed by atoms with van der Waals surface area (Å²) in [4.78, 5) is 18.8. The van der Waals surface area contributed by atoms with Crippen molar-refractivity contribution in [1.82, 2.24) is 9.88 Å². The van der Waals surface area contributed by atoms with Crippen molar-refractivity contribution < 1.29 is 9.53 Å². The molecule has 0 bridgehead atoms. The fourth-order valence-corrected chi connectivity index (χ4v) is 3.77. The average molecular weight is 343 g/mol. The van der Waals surface area contributed by atoms with Gasteiger partial charge in [0.1, 0.15) is 5.75 Å². The van der Waals surface area contributed by atoms with Gasteiger partial charge in [-0.15, -0.1) is 11.3 Å². The molecule has 1 fully saturated rings. The van der Waals surface area contributed by atoms with Gasteiger partial charge in [0.05, 0.1) is 12.8 Å². The van der Waals surface area contributed by atoms with Crippen LogP contribution in [0, 0.1) is 5.92 Å².